The largest absolute Gasteiger partial charge is 0.497 e. The number of benzene rings is 1. The minimum atomic E-state index is -0.0214. The first kappa shape index (κ1) is 17.1. The zero-order valence-electron chi connectivity index (χ0n) is 15.3. The average molecular weight is 355 g/mol. The number of methoxy groups -OCH3 is 1. The van der Waals surface area contributed by atoms with Crippen molar-refractivity contribution in [2.75, 3.05) is 46.9 Å². The molecule has 0 bridgehead atoms. The van der Waals surface area contributed by atoms with Crippen molar-refractivity contribution in [3.05, 3.63) is 42.5 Å². The summed E-state index contributed by atoms with van der Waals surface area (Å²) in [4.78, 5) is 23.5. The lowest BCUT2D eigenvalue weighted by atomic mass is 10.1. The average Bonchev–Trinajstić information content (AvgIpc) is 3.13. The highest BCUT2D eigenvalue weighted by Gasteiger charge is 2.37. The topological polar surface area (TPSA) is 53.8 Å². The minimum absolute atomic E-state index is 0.0214. The van der Waals surface area contributed by atoms with E-state index in [0.717, 1.165) is 56.5 Å². The highest BCUT2D eigenvalue weighted by molar-refractivity contribution is 5.82. The third kappa shape index (κ3) is 3.20. The first-order valence-corrected chi connectivity index (χ1v) is 9.04. The quantitative estimate of drug-likeness (QED) is 0.814. The molecule has 1 aromatic heterocycles. The van der Waals surface area contributed by atoms with Crippen molar-refractivity contribution in [2.24, 2.45) is 0 Å². The van der Waals surface area contributed by atoms with Crippen molar-refractivity contribution in [3.63, 3.8) is 0 Å². The normalized spacial score (nSPS) is 21.7. The van der Waals surface area contributed by atoms with E-state index in [4.69, 9.17) is 4.74 Å². The lowest BCUT2D eigenvalue weighted by molar-refractivity contribution is -0.143. The maximum Gasteiger partial charge on any atom is 0.241 e. The predicted octanol–water partition coefficient (Wildman–Crippen LogP) is 0.839. The van der Waals surface area contributed by atoms with E-state index in [2.05, 4.69) is 19.4 Å². The van der Waals surface area contributed by atoms with Crippen LogP contribution in [0.1, 0.15) is 5.82 Å². The monoisotopic (exact) mass is 355 g/mol. The van der Waals surface area contributed by atoms with E-state index in [1.54, 1.807) is 7.11 Å². The van der Waals surface area contributed by atoms with Crippen molar-refractivity contribution in [1.82, 2.24) is 24.3 Å². The van der Waals surface area contributed by atoms with Crippen LogP contribution < -0.4 is 4.74 Å². The van der Waals surface area contributed by atoms with Crippen LogP contribution in [0.2, 0.25) is 0 Å². The highest BCUT2D eigenvalue weighted by atomic mass is 16.5. The molecule has 1 atom stereocenters. The van der Waals surface area contributed by atoms with Crippen LogP contribution in [0.3, 0.4) is 0 Å². The lowest BCUT2D eigenvalue weighted by Crippen LogP contribution is -2.63. The van der Waals surface area contributed by atoms with Gasteiger partial charge < -0.3 is 14.2 Å². The van der Waals surface area contributed by atoms with Gasteiger partial charge >= 0.3 is 0 Å². The molecule has 0 spiro atoms. The number of amides is 1. The molecule has 7 nitrogen and oxygen atoms in total. The molecular formula is C19H25N5O2. The summed E-state index contributed by atoms with van der Waals surface area (Å²) < 4.78 is 7.33. The molecule has 0 radical (unpaired) electrons. The molecule has 7 heteroatoms. The van der Waals surface area contributed by atoms with Crippen LogP contribution >= 0.6 is 0 Å². The Morgan fingerprint density at radius 2 is 1.92 bits per heavy atom. The van der Waals surface area contributed by atoms with Crippen LogP contribution in [0.4, 0.5) is 0 Å². The third-order valence-electron chi connectivity index (χ3n) is 5.39. The summed E-state index contributed by atoms with van der Waals surface area (Å²) in [6.07, 6.45) is 3.81. The number of nitrogens with zero attached hydrogens (tertiary/aromatic N) is 5. The van der Waals surface area contributed by atoms with Crippen molar-refractivity contribution in [1.29, 1.82) is 0 Å². The number of ether oxygens (including phenoxy) is 1. The number of carbonyl (C=O) groups is 1. The number of hydrogen-bond donors (Lipinski definition) is 0. The first-order valence-electron chi connectivity index (χ1n) is 9.04. The first-order chi connectivity index (χ1) is 12.7. The van der Waals surface area contributed by atoms with Gasteiger partial charge in [0.25, 0.3) is 0 Å². The SMILES string of the molecule is COc1ccc(-n2ccnc2CN2CCN3CCN(C)C(=O)C3C2)cc1. The second kappa shape index (κ2) is 7.09. The van der Waals surface area contributed by atoms with Crippen LogP contribution in [-0.4, -0.2) is 83.1 Å². The second-order valence-corrected chi connectivity index (χ2v) is 6.96. The van der Waals surface area contributed by atoms with Gasteiger partial charge in [0.2, 0.25) is 5.91 Å². The molecule has 0 aliphatic carbocycles. The van der Waals surface area contributed by atoms with Gasteiger partial charge in [0.15, 0.2) is 0 Å². The molecule has 0 N–H and O–H groups in total. The number of likely N-dealkylation sites (N-methyl/N-ethyl adjacent to an activating group) is 1. The van der Waals surface area contributed by atoms with Gasteiger partial charge in [-0.1, -0.05) is 0 Å². The van der Waals surface area contributed by atoms with Gasteiger partial charge in [-0.15, -0.1) is 0 Å². The minimum Gasteiger partial charge on any atom is -0.497 e. The number of imidazole rings is 1. The van der Waals surface area contributed by atoms with Crippen LogP contribution in [0, 0.1) is 0 Å². The summed E-state index contributed by atoms with van der Waals surface area (Å²) in [5.41, 5.74) is 1.06. The van der Waals surface area contributed by atoms with Crippen LogP contribution in [0.25, 0.3) is 5.69 Å². The van der Waals surface area contributed by atoms with Gasteiger partial charge in [-0.25, -0.2) is 4.98 Å². The van der Waals surface area contributed by atoms with Gasteiger partial charge in [0.1, 0.15) is 17.6 Å². The molecule has 2 aliphatic rings. The Morgan fingerprint density at radius 3 is 2.69 bits per heavy atom. The molecule has 2 fully saturated rings. The fourth-order valence-corrected chi connectivity index (χ4v) is 3.79. The van der Waals surface area contributed by atoms with Crippen LogP contribution in [0.5, 0.6) is 5.75 Å². The number of rotatable bonds is 4. The lowest BCUT2D eigenvalue weighted by Gasteiger charge is -2.45. The maximum absolute atomic E-state index is 12.5. The van der Waals surface area contributed by atoms with Gasteiger partial charge in [0, 0.05) is 57.9 Å². The number of hydrogen-bond acceptors (Lipinski definition) is 5. The predicted molar refractivity (Wildman–Crippen MR) is 98.4 cm³/mol. The summed E-state index contributed by atoms with van der Waals surface area (Å²) in [6, 6.07) is 7.94. The molecule has 26 heavy (non-hydrogen) atoms. The summed E-state index contributed by atoms with van der Waals surface area (Å²) in [5.74, 6) is 2.06. The Labute approximate surface area is 153 Å². The van der Waals surface area contributed by atoms with E-state index in [9.17, 15) is 4.79 Å². The van der Waals surface area contributed by atoms with Crippen LogP contribution in [0.15, 0.2) is 36.7 Å². The van der Waals surface area contributed by atoms with Gasteiger partial charge in [0.05, 0.1) is 13.7 Å². The summed E-state index contributed by atoms with van der Waals surface area (Å²) in [7, 11) is 3.57. The molecule has 2 aliphatic heterocycles. The fourth-order valence-electron chi connectivity index (χ4n) is 3.79. The molecule has 2 saturated heterocycles. The standard InChI is InChI=1S/C19H25N5O2/c1-21-9-11-23-12-10-22(13-17(23)19(21)25)14-18-20-7-8-24(18)15-3-5-16(26-2)6-4-15/h3-8,17H,9-14H2,1-2H3. The van der Waals surface area contributed by atoms with E-state index >= 15 is 0 Å². The van der Waals surface area contributed by atoms with E-state index in [1.807, 2.05) is 48.6 Å². The summed E-state index contributed by atoms with van der Waals surface area (Å²) in [6.45, 7) is 5.20. The van der Waals surface area contributed by atoms with Crippen molar-refractivity contribution >= 4 is 5.91 Å². The van der Waals surface area contributed by atoms with Gasteiger partial charge in [-0.05, 0) is 24.3 Å². The van der Waals surface area contributed by atoms with Crippen molar-refractivity contribution in [2.45, 2.75) is 12.6 Å². The van der Waals surface area contributed by atoms with E-state index in [1.165, 1.54) is 0 Å². The van der Waals surface area contributed by atoms with Gasteiger partial charge in [-0.3, -0.25) is 14.6 Å². The van der Waals surface area contributed by atoms with E-state index in [0.29, 0.717) is 0 Å². The Hall–Kier alpha value is -2.38. The molecule has 1 amide bonds. The summed E-state index contributed by atoms with van der Waals surface area (Å²) in [5, 5.41) is 0. The number of aromatic nitrogens is 2. The van der Waals surface area contributed by atoms with Crippen molar-refractivity contribution in [3.8, 4) is 11.4 Å². The molecule has 1 unspecified atom stereocenters. The Bertz CT molecular complexity index is 772. The smallest absolute Gasteiger partial charge is 0.241 e. The molecule has 138 valence electrons. The van der Waals surface area contributed by atoms with E-state index < -0.39 is 0 Å². The van der Waals surface area contributed by atoms with Gasteiger partial charge in [-0.2, -0.15) is 0 Å². The second-order valence-electron chi connectivity index (χ2n) is 6.96. The number of piperazine rings is 2. The zero-order valence-corrected chi connectivity index (χ0v) is 15.3. The molecular weight excluding hydrogens is 330 g/mol. The van der Waals surface area contributed by atoms with Crippen molar-refractivity contribution < 1.29 is 9.53 Å². The number of carbonyl (C=O) groups excluding carboxylic acids is 1. The number of fused-ring (bicyclic) bond motifs is 1. The van der Waals surface area contributed by atoms with E-state index in [-0.39, 0.29) is 11.9 Å². The molecule has 3 heterocycles. The molecule has 4 rings (SSSR count). The Morgan fingerprint density at radius 1 is 1.15 bits per heavy atom. The zero-order chi connectivity index (χ0) is 18.1. The maximum atomic E-state index is 12.5. The molecule has 2 aromatic rings. The highest BCUT2D eigenvalue weighted by Crippen LogP contribution is 2.20. The Kier molecular flexibility index (Phi) is 4.65. The summed E-state index contributed by atoms with van der Waals surface area (Å²) >= 11 is 0. The Balaban J connectivity index is 1.48. The molecule has 0 saturated carbocycles. The van der Waals surface area contributed by atoms with Crippen LogP contribution in [-0.2, 0) is 11.3 Å². The fraction of sp³-hybridized carbons (Fsp3) is 0.474. The third-order valence-corrected chi connectivity index (χ3v) is 5.39. The molecule has 1 aromatic carbocycles.